The van der Waals surface area contributed by atoms with E-state index in [1.807, 2.05) is 7.05 Å². The quantitative estimate of drug-likeness (QED) is 0.891. The Kier molecular flexibility index (Phi) is 3.44. The molecule has 3 heteroatoms. The van der Waals surface area contributed by atoms with Gasteiger partial charge in [0.25, 0.3) is 0 Å². The Morgan fingerprint density at radius 2 is 2.04 bits per heavy atom. The van der Waals surface area contributed by atoms with E-state index in [0.29, 0.717) is 23.5 Å². The first-order valence-corrected chi connectivity index (χ1v) is 9.01. The highest BCUT2D eigenvalue weighted by Gasteiger charge is 2.54. The maximum Gasteiger partial charge on any atom is 0.142 e. The number of Topliss-reactive ketones (excluding diaryl/α,β-unsaturated/α-hetero) is 1. The zero-order chi connectivity index (χ0) is 16.2. The van der Waals surface area contributed by atoms with E-state index < -0.39 is 0 Å². The maximum absolute atomic E-state index is 12.4. The Balaban J connectivity index is 1.74. The van der Waals surface area contributed by atoms with Gasteiger partial charge in [-0.15, -0.1) is 0 Å². The maximum atomic E-state index is 12.4. The Morgan fingerprint density at radius 1 is 1.22 bits per heavy atom. The number of nitrogens with one attached hydrogen (secondary N) is 1. The number of anilines is 1. The van der Waals surface area contributed by atoms with Gasteiger partial charge in [0.15, 0.2) is 0 Å². The van der Waals surface area contributed by atoms with E-state index in [1.165, 1.54) is 23.2 Å². The smallest absolute Gasteiger partial charge is 0.142 e. The molecule has 1 N–H and O–H groups in total. The number of carbonyl (C=O) groups is 1. The van der Waals surface area contributed by atoms with E-state index in [0.717, 1.165) is 37.9 Å². The molecule has 0 aromatic heterocycles. The summed E-state index contributed by atoms with van der Waals surface area (Å²) in [5, 5.41) is 3.35. The average Bonchev–Trinajstić information content (AvgIpc) is 2.88. The van der Waals surface area contributed by atoms with Crippen LogP contribution in [-0.4, -0.2) is 19.9 Å². The lowest BCUT2D eigenvalue weighted by molar-refractivity contribution is -0.129. The molecule has 0 aliphatic heterocycles. The molecule has 0 radical (unpaired) electrons. The predicted molar refractivity (Wildman–Crippen MR) is 92.2 cm³/mol. The van der Waals surface area contributed by atoms with E-state index in [-0.39, 0.29) is 5.41 Å². The summed E-state index contributed by atoms with van der Waals surface area (Å²) < 4.78 is 5.53. The van der Waals surface area contributed by atoms with Crippen LogP contribution in [0.1, 0.15) is 56.1 Å². The van der Waals surface area contributed by atoms with Crippen molar-refractivity contribution in [3.63, 3.8) is 0 Å². The lowest BCUT2D eigenvalue weighted by atomic mass is 9.55. The summed E-state index contributed by atoms with van der Waals surface area (Å²) in [6, 6.07) is 4.39. The molecule has 0 heterocycles. The van der Waals surface area contributed by atoms with Crippen molar-refractivity contribution >= 4 is 11.5 Å². The molecule has 2 saturated carbocycles. The zero-order valence-corrected chi connectivity index (χ0v) is 14.4. The van der Waals surface area contributed by atoms with Crippen molar-refractivity contribution in [3.8, 4) is 5.75 Å². The van der Waals surface area contributed by atoms with Crippen LogP contribution in [0.3, 0.4) is 0 Å². The molecular formula is C20H27NO2. The number of benzene rings is 1. The van der Waals surface area contributed by atoms with Crippen molar-refractivity contribution in [2.45, 2.75) is 51.4 Å². The molecule has 23 heavy (non-hydrogen) atoms. The molecular weight excluding hydrogens is 286 g/mol. The van der Waals surface area contributed by atoms with Gasteiger partial charge in [-0.25, -0.2) is 0 Å². The molecule has 0 spiro atoms. The van der Waals surface area contributed by atoms with Crippen LogP contribution in [0, 0.1) is 17.3 Å². The Morgan fingerprint density at radius 3 is 2.78 bits per heavy atom. The topological polar surface area (TPSA) is 38.3 Å². The third-order valence-corrected chi connectivity index (χ3v) is 7.05. The van der Waals surface area contributed by atoms with Gasteiger partial charge in [0.2, 0.25) is 0 Å². The van der Waals surface area contributed by atoms with Gasteiger partial charge < -0.3 is 10.1 Å². The molecule has 0 saturated heterocycles. The number of hydrogen-bond donors (Lipinski definition) is 1. The molecule has 2 fully saturated rings. The monoisotopic (exact) mass is 313 g/mol. The summed E-state index contributed by atoms with van der Waals surface area (Å²) in [6.07, 6.45) is 6.46. The van der Waals surface area contributed by atoms with E-state index in [1.54, 1.807) is 7.11 Å². The number of rotatable bonds is 2. The molecule has 4 rings (SSSR count). The van der Waals surface area contributed by atoms with Crippen molar-refractivity contribution in [1.29, 1.82) is 0 Å². The third kappa shape index (κ3) is 1.98. The molecule has 3 aliphatic rings. The Labute approximate surface area is 138 Å². The third-order valence-electron chi connectivity index (χ3n) is 7.05. The first-order valence-electron chi connectivity index (χ1n) is 9.01. The lowest BCUT2D eigenvalue weighted by Gasteiger charge is -2.48. The summed E-state index contributed by atoms with van der Waals surface area (Å²) in [4.78, 5) is 12.4. The second-order valence-corrected chi connectivity index (χ2v) is 7.79. The van der Waals surface area contributed by atoms with Crippen molar-refractivity contribution in [2.24, 2.45) is 17.3 Å². The first kappa shape index (κ1) is 15.0. The SMILES string of the molecule is CNc1c(OC)ccc2c1CC[C@@H]1[C@@H]2CC[C@]2(C)C(=O)CC[C@@H]12. The van der Waals surface area contributed by atoms with E-state index in [9.17, 15) is 4.79 Å². The van der Waals surface area contributed by atoms with Gasteiger partial charge in [-0.05, 0) is 67.1 Å². The molecule has 4 atom stereocenters. The zero-order valence-electron chi connectivity index (χ0n) is 14.4. The number of ketones is 1. The minimum Gasteiger partial charge on any atom is -0.495 e. The number of carbonyl (C=O) groups excluding carboxylic acids is 1. The van der Waals surface area contributed by atoms with Crippen LogP contribution in [0.25, 0.3) is 0 Å². The van der Waals surface area contributed by atoms with E-state index >= 15 is 0 Å². The predicted octanol–water partition coefficient (Wildman–Crippen LogP) is 4.16. The normalized spacial score (nSPS) is 35.3. The van der Waals surface area contributed by atoms with Gasteiger partial charge >= 0.3 is 0 Å². The summed E-state index contributed by atoms with van der Waals surface area (Å²) >= 11 is 0. The van der Waals surface area contributed by atoms with Gasteiger partial charge in [0, 0.05) is 18.9 Å². The van der Waals surface area contributed by atoms with Crippen LogP contribution in [-0.2, 0) is 11.2 Å². The van der Waals surface area contributed by atoms with Gasteiger partial charge in [0.1, 0.15) is 11.5 Å². The average molecular weight is 313 g/mol. The van der Waals surface area contributed by atoms with Crippen LogP contribution >= 0.6 is 0 Å². The number of fused-ring (bicyclic) bond motifs is 5. The standard InChI is InChI=1S/C20H27NO2/c1-20-11-10-13-12-6-8-17(23-3)19(21-2)15(12)5-4-14(13)16(20)7-9-18(20)22/h6,8,13-14,16,21H,4-5,7,9-11H2,1-3H3/t13-,14-,16+,20+/m1/s1. The Bertz CT molecular complexity index is 653. The van der Waals surface area contributed by atoms with Crippen molar-refractivity contribution < 1.29 is 9.53 Å². The number of methoxy groups -OCH3 is 1. The van der Waals surface area contributed by atoms with Gasteiger partial charge in [0.05, 0.1) is 12.8 Å². The second kappa shape index (κ2) is 5.25. The molecule has 3 nitrogen and oxygen atoms in total. The van der Waals surface area contributed by atoms with Crippen LogP contribution in [0.5, 0.6) is 5.75 Å². The number of ether oxygens (including phenoxy) is 1. The molecule has 1 aromatic carbocycles. The lowest BCUT2D eigenvalue weighted by Crippen LogP contribution is -2.42. The highest BCUT2D eigenvalue weighted by atomic mass is 16.5. The second-order valence-electron chi connectivity index (χ2n) is 7.79. The Hall–Kier alpha value is -1.51. The fourth-order valence-corrected chi connectivity index (χ4v) is 5.86. The molecule has 3 aliphatic carbocycles. The van der Waals surface area contributed by atoms with Crippen LogP contribution in [0.15, 0.2) is 12.1 Å². The molecule has 0 amide bonds. The molecule has 0 unspecified atom stereocenters. The first-order chi connectivity index (χ1) is 11.1. The van der Waals surface area contributed by atoms with Crippen molar-refractivity contribution in [2.75, 3.05) is 19.5 Å². The van der Waals surface area contributed by atoms with Crippen LogP contribution < -0.4 is 10.1 Å². The van der Waals surface area contributed by atoms with Crippen molar-refractivity contribution in [1.82, 2.24) is 0 Å². The van der Waals surface area contributed by atoms with E-state index in [2.05, 4.69) is 24.4 Å². The molecule has 124 valence electrons. The summed E-state index contributed by atoms with van der Waals surface area (Å²) in [5.41, 5.74) is 4.09. The van der Waals surface area contributed by atoms with Gasteiger partial charge in [-0.2, -0.15) is 0 Å². The van der Waals surface area contributed by atoms with E-state index in [4.69, 9.17) is 4.74 Å². The minimum absolute atomic E-state index is 0.0308. The fraction of sp³-hybridized carbons (Fsp3) is 0.650. The largest absolute Gasteiger partial charge is 0.495 e. The fourth-order valence-electron chi connectivity index (χ4n) is 5.86. The summed E-state index contributed by atoms with van der Waals surface area (Å²) in [5.74, 6) is 3.38. The molecule has 0 bridgehead atoms. The summed E-state index contributed by atoms with van der Waals surface area (Å²) in [6.45, 7) is 2.24. The minimum atomic E-state index is -0.0308. The summed E-state index contributed by atoms with van der Waals surface area (Å²) in [7, 11) is 3.72. The molecule has 1 aromatic rings. The van der Waals surface area contributed by atoms with Crippen LogP contribution in [0.4, 0.5) is 5.69 Å². The highest BCUT2D eigenvalue weighted by Crippen LogP contribution is 2.60. The highest BCUT2D eigenvalue weighted by molar-refractivity contribution is 5.87. The van der Waals surface area contributed by atoms with Crippen molar-refractivity contribution in [3.05, 3.63) is 23.3 Å². The van der Waals surface area contributed by atoms with Gasteiger partial charge in [-0.3, -0.25) is 4.79 Å². The van der Waals surface area contributed by atoms with Gasteiger partial charge in [-0.1, -0.05) is 13.0 Å². The number of hydrogen-bond acceptors (Lipinski definition) is 3. The van der Waals surface area contributed by atoms with Crippen LogP contribution in [0.2, 0.25) is 0 Å².